The lowest BCUT2D eigenvalue weighted by atomic mass is 9.85. The van der Waals surface area contributed by atoms with Crippen molar-refractivity contribution in [2.24, 2.45) is 5.92 Å². The van der Waals surface area contributed by atoms with Crippen LogP contribution in [0.15, 0.2) is 11.6 Å². The molecular weight excluding hydrogens is 132 g/mol. The minimum absolute atomic E-state index is 0.885. The van der Waals surface area contributed by atoms with Crippen molar-refractivity contribution < 1.29 is 0 Å². The smallest absolute Gasteiger partial charge is 0.0232 e. The molecule has 64 valence electrons. The second-order valence-corrected chi connectivity index (χ2v) is 3.71. The Labute approximate surface area is 70.7 Å². The lowest BCUT2D eigenvalue weighted by Crippen LogP contribution is -2.05. The summed E-state index contributed by atoms with van der Waals surface area (Å²) < 4.78 is 0. The van der Waals surface area contributed by atoms with Gasteiger partial charge < -0.3 is 0 Å². The van der Waals surface area contributed by atoms with Crippen LogP contribution in [0, 0.1) is 5.92 Å². The van der Waals surface area contributed by atoms with E-state index in [2.05, 4.69) is 19.9 Å². The third-order valence-electron chi connectivity index (χ3n) is 2.68. The molecule has 0 aromatic carbocycles. The number of allylic oxidation sites excluding steroid dienone is 2. The molecule has 1 aliphatic rings. The molecule has 0 heteroatoms. The number of rotatable bonds is 2. The second kappa shape index (κ2) is 4.58. The van der Waals surface area contributed by atoms with E-state index in [1.165, 1.54) is 38.5 Å². The van der Waals surface area contributed by atoms with E-state index in [-0.39, 0.29) is 0 Å². The molecule has 0 spiro atoms. The van der Waals surface area contributed by atoms with Gasteiger partial charge in [0.2, 0.25) is 0 Å². The molecule has 1 saturated carbocycles. The minimum atomic E-state index is 0.885. The number of hydrogen-bond acceptors (Lipinski definition) is 0. The Morgan fingerprint density at radius 3 is 2.91 bits per heavy atom. The lowest BCUT2D eigenvalue weighted by Gasteiger charge is -2.21. The molecule has 0 aliphatic heterocycles. The average molecular weight is 152 g/mol. The Kier molecular flexibility index (Phi) is 3.68. The van der Waals surface area contributed by atoms with Gasteiger partial charge in [-0.25, -0.2) is 0 Å². The summed E-state index contributed by atoms with van der Waals surface area (Å²) in [6.07, 6.45) is 10.8. The standard InChI is InChI=1S/C11H20/c1-3-4-8-11-9-6-5-7-10(11)2/h8,10H,3-7,9H2,1-2H3/b11-8+. The summed E-state index contributed by atoms with van der Waals surface area (Å²) in [5.41, 5.74) is 1.73. The predicted molar refractivity (Wildman–Crippen MR) is 50.6 cm³/mol. The maximum atomic E-state index is 2.48. The fourth-order valence-electron chi connectivity index (χ4n) is 1.84. The zero-order valence-electron chi connectivity index (χ0n) is 7.90. The summed E-state index contributed by atoms with van der Waals surface area (Å²) in [6.45, 7) is 4.63. The highest BCUT2D eigenvalue weighted by Crippen LogP contribution is 2.28. The first-order valence-electron chi connectivity index (χ1n) is 5.03. The first kappa shape index (κ1) is 8.83. The third-order valence-corrected chi connectivity index (χ3v) is 2.68. The van der Waals surface area contributed by atoms with E-state index in [9.17, 15) is 0 Å². The van der Waals surface area contributed by atoms with E-state index in [0.29, 0.717) is 0 Å². The van der Waals surface area contributed by atoms with Gasteiger partial charge in [-0.2, -0.15) is 0 Å². The van der Waals surface area contributed by atoms with Gasteiger partial charge in [0.05, 0.1) is 0 Å². The van der Waals surface area contributed by atoms with Crippen LogP contribution in [0.5, 0.6) is 0 Å². The topological polar surface area (TPSA) is 0 Å². The molecule has 0 saturated heterocycles. The Balaban J connectivity index is 2.40. The molecular formula is C11H20. The quantitative estimate of drug-likeness (QED) is 0.526. The van der Waals surface area contributed by atoms with E-state index >= 15 is 0 Å². The molecule has 1 fully saturated rings. The van der Waals surface area contributed by atoms with Crippen molar-refractivity contribution in [1.29, 1.82) is 0 Å². The average Bonchev–Trinajstić information content (AvgIpc) is 2.03. The molecule has 0 nitrogen and oxygen atoms in total. The van der Waals surface area contributed by atoms with Crippen LogP contribution in [0.4, 0.5) is 0 Å². The van der Waals surface area contributed by atoms with Gasteiger partial charge in [0.15, 0.2) is 0 Å². The van der Waals surface area contributed by atoms with Gasteiger partial charge in [-0.05, 0) is 31.6 Å². The summed E-state index contributed by atoms with van der Waals surface area (Å²) in [4.78, 5) is 0. The first-order valence-corrected chi connectivity index (χ1v) is 5.03. The van der Waals surface area contributed by atoms with Gasteiger partial charge in [-0.15, -0.1) is 0 Å². The molecule has 1 rings (SSSR count). The summed E-state index contributed by atoms with van der Waals surface area (Å²) in [5.74, 6) is 0.885. The van der Waals surface area contributed by atoms with E-state index in [0.717, 1.165) is 5.92 Å². The van der Waals surface area contributed by atoms with Crippen molar-refractivity contribution in [1.82, 2.24) is 0 Å². The molecule has 0 amide bonds. The molecule has 11 heavy (non-hydrogen) atoms. The highest BCUT2D eigenvalue weighted by molar-refractivity contribution is 5.07. The molecule has 0 heterocycles. The van der Waals surface area contributed by atoms with Crippen LogP contribution in [0.1, 0.15) is 52.4 Å². The fourth-order valence-corrected chi connectivity index (χ4v) is 1.84. The molecule has 0 radical (unpaired) electrons. The highest BCUT2D eigenvalue weighted by atomic mass is 14.2. The number of hydrogen-bond donors (Lipinski definition) is 0. The van der Waals surface area contributed by atoms with Crippen LogP contribution in [-0.2, 0) is 0 Å². The van der Waals surface area contributed by atoms with Gasteiger partial charge in [0.1, 0.15) is 0 Å². The second-order valence-electron chi connectivity index (χ2n) is 3.71. The van der Waals surface area contributed by atoms with E-state index in [1.54, 1.807) is 5.57 Å². The zero-order valence-corrected chi connectivity index (χ0v) is 7.90. The largest absolute Gasteiger partial charge is 0.0851 e. The molecule has 0 aromatic rings. The summed E-state index contributed by atoms with van der Waals surface area (Å²) in [5, 5.41) is 0. The Hall–Kier alpha value is -0.260. The third kappa shape index (κ3) is 2.69. The van der Waals surface area contributed by atoms with Gasteiger partial charge in [-0.1, -0.05) is 38.3 Å². The summed E-state index contributed by atoms with van der Waals surface area (Å²) in [7, 11) is 0. The van der Waals surface area contributed by atoms with Gasteiger partial charge >= 0.3 is 0 Å². The van der Waals surface area contributed by atoms with Crippen molar-refractivity contribution in [3.63, 3.8) is 0 Å². The van der Waals surface area contributed by atoms with Crippen molar-refractivity contribution in [2.45, 2.75) is 52.4 Å². The van der Waals surface area contributed by atoms with E-state index in [1.807, 2.05) is 0 Å². The Bertz CT molecular complexity index is 133. The molecule has 1 unspecified atom stereocenters. The SMILES string of the molecule is CCC/C=C1\CCCCC1C. The van der Waals surface area contributed by atoms with Crippen LogP contribution in [0.25, 0.3) is 0 Å². The van der Waals surface area contributed by atoms with E-state index < -0.39 is 0 Å². The van der Waals surface area contributed by atoms with Crippen LogP contribution in [0.2, 0.25) is 0 Å². The van der Waals surface area contributed by atoms with Crippen LogP contribution in [-0.4, -0.2) is 0 Å². The van der Waals surface area contributed by atoms with Crippen LogP contribution >= 0.6 is 0 Å². The van der Waals surface area contributed by atoms with Gasteiger partial charge in [-0.3, -0.25) is 0 Å². The Morgan fingerprint density at radius 2 is 2.27 bits per heavy atom. The monoisotopic (exact) mass is 152 g/mol. The van der Waals surface area contributed by atoms with Crippen molar-refractivity contribution in [3.8, 4) is 0 Å². The predicted octanol–water partition coefficient (Wildman–Crippen LogP) is 3.92. The van der Waals surface area contributed by atoms with Crippen LogP contribution in [0.3, 0.4) is 0 Å². The molecule has 0 bridgehead atoms. The molecule has 1 aliphatic carbocycles. The minimum Gasteiger partial charge on any atom is -0.0851 e. The zero-order chi connectivity index (χ0) is 8.10. The summed E-state index contributed by atoms with van der Waals surface area (Å²) >= 11 is 0. The summed E-state index contributed by atoms with van der Waals surface area (Å²) in [6, 6.07) is 0. The maximum Gasteiger partial charge on any atom is -0.0232 e. The van der Waals surface area contributed by atoms with Gasteiger partial charge in [0.25, 0.3) is 0 Å². The van der Waals surface area contributed by atoms with Gasteiger partial charge in [0, 0.05) is 0 Å². The highest BCUT2D eigenvalue weighted by Gasteiger charge is 2.12. The maximum absolute atomic E-state index is 2.48. The van der Waals surface area contributed by atoms with E-state index in [4.69, 9.17) is 0 Å². The molecule has 0 N–H and O–H groups in total. The van der Waals surface area contributed by atoms with Crippen molar-refractivity contribution >= 4 is 0 Å². The molecule has 0 aromatic heterocycles. The van der Waals surface area contributed by atoms with Crippen LogP contribution < -0.4 is 0 Å². The van der Waals surface area contributed by atoms with Crippen molar-refractivity contribution in [3.05, 3.63) is 11.6 Å². The normalized spacial score (nSPS) is 29.3. The Morgan fingerprint density at radius 1 is 1.45 bits per heavy atom. The first-order chi connectivity index (χ1) is 5.34. The lowest BCUT2D eigenvalue weighted by molar-refractivity contribution is 0.481. The fraction of sp³-hybridized carbons (Fsp3) is 0.818. The molecule has 1 atom stereocenters. The van der Waals surface area contributed by atoms with Crippen molar-refractivity contribution in [2.75, 3.05) is 0 Å². The number of unbranched alkanes of at least 4 members (excludes halogenated alkanes) is 1.